The topological polar surface area (TPSA) is 61.4 Å². The summed E-state index contributed by atoms with van der Waals surface area (Å²) in [6.07, 6.45) is 0.901. The summed E-state index contributed by atoms with van der Waals surface area (Å²) in [6.45, 7) is 4.07. The van der Waals surface area contributed by atoms with E-state index in [-0.39, 0.29) is 5.91 Å². The number of hydrogen-bond acceptors (Lipinski definition) is 5. The lowest BCUT2D eigenvalue weighted by molar-refractivity contribution is -0.130. The van der Waals surface area contributed by atoms with Crippen molar-refractivity contribution in [1.82, 2.24) is 20.4 Å². The lowest BCUT2D eigenvalue weighted by Crippen LogP contribution is -2.40. The minimum atomic E-state index is 0.137. The van der Waals surface area contributed by atoms with Gasteiger partial charge in [0.25, 0.3) is 0 Å². The van der Waals surface area contributed by atoms with E-state index in [0.717, 1.165) is 43.1 Å². The van der Waals surface area contributed by atoms with E-state index < -0.39 is 0 Å². The maximum absolute atomic E-state index is 12.6. The Morgan fingerprint density at radius 1 is 0.903 bits per heavy atom. The minimum Gasteiger partial charge on any atom is -0.353 e. The molecule has 1 saturated heterocycles. The third kappa shape index (κ3) is 5.60. The van der Waals surface area contributed by atoms with Crippen LogP contribution in [-0.4, -0.2) is 53.7 Å². The monoisotopic (exact) mass is 435 g/mol. The Bertz CT molecular complexity index is 996. The summed E-state index contributed by atoms with van der Waals surface area (Å²) in [4.78, 5) is 16.7. The van der Waals surface area contributed by atoms with E-state index in [0.29, 0.717) is 24.7 Å². The lowest BCUT2D eigenvalue weighted by atomic mass is 10.1. The predicted molar refractivity (Wildman–Crippen MR) is 124 cm³/mol. The molecule has 0 spiro atoms. The van der Waals surface area contributed by atoms with Gasteiger partial charge in [0.05, 0.1) is 17.3 Å². The molecule has 1 amide bonds. The molecule has 0 atom stereocenters. The van der Waals surface area contributed by atoms with Gasteiger partial charge in [-0.05, 0) is 30.2 Å². The first kappa shape index (κ1) is 21.3. The fraction of sp³-hybridized carbons (Fsp3) is 0.292. The fourth-order valence-electron chi connectivity index (χ4n) is 3.72. The molecule has 1 aromatic heterocycles. The molecule has 0 unspecified atom stereocenters. The highest BCUT2D eigenvalue weighted by Gasteiger charge is 2.20. The largest absolute Gasteiger partial charge is 0.353 e. The number of nitrogens with zero attached hydrogens (tertiary/aromatic N) is 4. The van der Waals surface area contributed by atoms with Crippen molar-refractivity contribution in [3.8, 4) is 11.3 Å². The van der Waals surface area contributed by atoms with E-state index in [1.165, 1.54) is 5.56 Å². The van der Waals surface area contributed by atoms with Crippen molar-refractivity contribution in [3.05, 3.63) is 77.3 Å². The summed E-state index contributed by atoms with van der Waals surface area (Å²) in [7, 11) is 0. The number of carbonyl (C=O) groups excluding carboxylic acids is 1. The zero-order valence-corrected chi connectivity index (χ0v) is 18.1. The van der Waals surface area contributed by atoms with Gasteiger partial charge in [-0.1, -0.05) is 60.1 Å². The first-order valence-electron chi connectivity index (χ1n) is 10.6. The summed E-state index contributed by atoms with van der Waals surface area (Å²) < 4.78 is 0. The Kier molecular flexibility index (Phi) is 7.12. The molecule has 2 heterocycles. The zero-order valence-electron chi connectivity index (χ0n) is 17.4. The van der Waals surface area contributed by atoms with Crippen LogP contribution in [0.25, 0.3) is 11.3 Å². The molecule has 6 nitrogen and oxygen atoms in total. The van der Waals surface area contributed by atoms with E-state index in [4.69, 9.17) is 11.6 Å². The number of nitrogens with one attached hydrogen (secondary N) is 1. The molecule has 0 bridgehead atoms. The van der Waals surface area contributed by atoms with Crippen molar-refractivity contribution in [2.45, 2.75) is 13.0 Å². The van der Waals surface area contributed by atoms with Gasteiger partial charge in [-0.15, -0.1) is 10.2 Å². The number of benzene rings is 2. The van der Waals surface area contributed by atoms with E-state index in [2.05, 4.69) is 32.5 Å². The number of amides is 1. The summed E-state index contributed by atoms with van der Waals surface area (Å²) >= 11 is 6.26. The van der Waals surface area contributed by atoms with Crippen LogP contribution in [0.2, 0.25) is 5.02 Å². The van der Waals surface area contributed by atoms with Crippen molar-refractivity contribution < 1.29 is 4.79 Å². The smallest absolute Gasteiger partial charge is 0.236 e. The van der Waals surface area contributed by atoms with Gasteiger partial charge in [-0.3, -0.25) is 4.79 Å². The van der Waals surface area contributed by atoms with E-state index >= 15 is 0 Å². The molecule has 7 heteroatoms. The highest BCUT2D eigenvalue weighted by atomic mass is 35.5. The molecule has 1 aliphatic rings. The molecular formula is C24H26ClN5O. The number of anilines is 1. The van der Waals surface area contributed by atoms with Crippen molar-refractivity contribution in [3.63, 3.8) is 0 Å². The van der Waals surface area contributed by atoms with Gasteiger partial charge in [0.15, 0.2) is 5.82 Å². The lowest BCUT2D eigenvalue weighted by Gasteiger charge is -2.22. The van der Waals surface area contributed by atoms with Gasteiger partial charge >= 0.3 is 0 Å². The second-order valence-corrected chi connectivity index (χ2v) is 7.97. The van der Waals surface area contributed by atoms with Gasteiger partial charge in [-0.25, -0.2) is 0 Å². The fourth-order valence-corrected chi connectivity index (χ4v) is 3.96. The number of hydrogen-bond donors (Lipinski definition) is 1. The molecule has 1 N–H and O–H groups in total. The molecule has 2 aromatic carbocycles. The SMILES string of the molecule is O=C(CNCc1ccccc1)N1CCCN(c2ccc(-c3ccccc3Cl)nn2)CC1. The van der Waals surface area contributed by atoms with Crippen LogP contribution >= 0.6 is 11.6 Å². The Balaban J connectivity index is 1.30. The van der Waals surface area contributed by atoms with Crippen LogP contribution in [0.4, 0.5) is 5.82 Å². The highest BCUT2D eigenvalue weighted by molar-refractivity contribution is 6.33. The Morgan fingerprint density at radius 3 is 2.48 bits per heavy atom. The molecule has 1 fully saturated rings. The first-order chi connectivity index (χ1) is 15.2. The molecule has 0 saturated carbocycles. The van der Waals surface area contributed by atoms with Crippen LogP contribution in [0, 0.1) is 0 Å². The second kappa shape index (κ2) is 10.4. The van der Waals surface area contributed by atoms with Crippen LogP contribution in [0.1, 0.15) is 12.0 Å². The zero-order chi connectivity index (χ0) is 21.5. The van der Waals surface area contributed by atoms with E-state index in [1.54, 1.807) is 0 Å². The average Bonchev–Trinajstić information content (AvgIpc) is 3.07. The number of aromatic nitrogens is 2. The maximum atomic E-state index is 12.6. The van der Waals surface area contributed by atoms with Gasteiger partial charge in [0.1, 0.15) is 0 Å². The Morgan fingerprint density at radius 2 is 1.71 bits per heavy atom. The Hall–Kier alpha value is -2.96. The summed E-state index contributed by atoms with van der Waals surface area (Å²) in [5, 5.41) is 12.7. The average molecular weight is 436 g/mol. The van der Waals surface area contributed by atoms with Crippen LogP contribution in [0.5, 0.6) is 0 Å². The van der Waals surface area contributed by atoms with Crippen LogP contribution < -0.4 is 10.2 Å². The van der Waals surface area contributed by atoms with E-state index in [9.17, 15) is 4.79 Å². The van der Waals surface area contributed by atoms with Crippen LogP contribution in [0.3, 0.4) is 0 Å². The molecule has 4 rings (SSSR count). The van der Waals surface area contributed by atoms with Crippen molar-refractivity contribution in [1.29, 1.82) is 0 Å². The number of halogens is 1. The molecule has 0 radical (unpaired) electrons. The quantitative estimate of drug-likeness (QED) is 0.640. The maximum Gasteiger partial charge on any atom is 0.236 e. The molecule has 0 aliphatic carbocycles. The normalized spacial score (nSPS) is 14.4. The summed E-state index contributed by atoms with van der Waals surface area (Å²) in [6, 6.07) is 21.7. The molecule has 1 aliphatic heterocycles. The van der Waals surface area contributed by atoms with Crippen LogP contribution in [0.15, 0.2) is 66.7 Å². The predicted octanol–water partition coefficient (Wildman–Crippen LogP) is 3.63. The van der Waals surface area contributed by atoms with Gasteiger partial charge in [0.2, 0.25) is 5.91 Å². The minimum absolute atomic E-state index is 0.137. The molecule has 3 aromatic rings. The van der Waals surface area contributed by atoms with Crippen molar-refractivity contribution >= 4 is 23.3 Å². The third-order valence-corrected chi connectivity index (χ3v) is 5.75. The standard InChI is InChI=1S/C24H26ClN5O/c25-21-10-5-4-9-20(21)22-11-12-23(28-27-22)29-13-6-14-30(16-15-29)24(31)18-26-17-19-7-2-1-3-8-19/h1-5,7-12,26H,6,13-18H2. The third-order valence-electron chi connectivity index (χ3n) is 5.42. The van der Waals surface area contributed by atoms with Crippen LogP contribution in [-0.2, 0) is 11.3 Å². The molecule has 31 heavy (non-hydrogen) atoms. The number of rotatable bonds is 6. The first-order valence-corrected chi connectivity index (χ1v) is 10.9. The van der Waals surface area contributed by atoms with Crippen molar-refractivity contribution in [2.24, 2.45) is 0 Å². The second-order valence-electron chi connectivity index (χ2n) is 7.57. The van der Waals surface area contributed by atoms with Gasteiger partial charge in [-0.2, -0.15) is 0 Å². The van der Waals surface area contributed by atoms with E-state index in [1.807, 2.05) is 59.5 Å². The summed E-state index contributed by atoms with van der Waals surface area (Å²) in [5.41, 5.74) is 2.81. The highest BCUT2D eigenvalue weighted by Crippen LogP contribution is 2.26. The summed E-state index contributed by atoms with van der Waals surface area (Å²) in [5.74, 6) is 0.963. The Labute approximate surface area is 187 Å². The van der Waals surface area contributed by atoms with Gasteiger partial charge in [0, 0.05) is 38.3 Å². The molecular weight excluding hydrogens is 410 g/mol. The molecule has 160 valence electrons. The number of carbonyl (C=O) groups is 1. The van der Waals surface area contributed by atoms with Gasteiger partial charge < -0.3 is 15.1 Å². The van der Waals surface area contributed by atoms with Crippen molar-refractivity contribution in [2.75, 3.05) is 37.6 Å².